The van der Waals surface area contributed by atoms with Gasteiger partial charge in [-0.1, -0.05) is 46.3 Å². The summed E-state index contributed by atoms with van der Waals surface area (Å²) in [6.45, 7) is 0.970. The zero-order chi connectivity index (χ0) is 20.6. The van der Waals surface area contributed by atoms with Crippen LogP contribution in [0.4, 0.5) is 5.69 Å². The van der Waals surface area contributed by atoms with E-state index in [0.29, 0.717) is 0 Å². The summed E-state index contributed by atoms with van der Waals surface area (Å²) in [5.41, 5.74) is 1.35. The number of benzene rings is 2. The van der Waals surface area contributed by atoms with Crippen molar-refractivity contribution in [2.24, 2.45) is 11.8 Å². The first kappa shape index (κ1) is 18.3. The average Bonchev–Trinajstić information content (AvgIpc) is 3.44. The number of nitrogens with one attached hydrogen (secondary N) is 1. The lowest BCUT2D eigenvalue weighted by atomic mass is 9.75. The van der Waals surface area contributed by atoms with Crippen molar-refractivity contribution in [3.05, 3.63) is 64.1 Å². The summed E-state index contributed by atoms with van der Waals surface area (Å²) in [4.78, 5) is 44.3. The van der Waals surface area contributed by atoms with E-state index in [1.54, 1.807) is 0 Å². The van der Waals surface area contributed by atoms with Crippen molar-refractivity contribution in [1.29, 1.82) is 0 Å². The molecule has 4 aliphatic heterocycles. The number of nitrogens with zero attached hydrogens (tertiary/aromatic N) is 2. The second-order valence-corrected chi connectivity index (χ2v) is 9.48. The predicted molar refractivity (Wildman–Crippen MR) is 113 cm³/mol. The van der Waals surface area contributed by atoms with Gasteiger partial charge in [-0.2, -0.15) is 0 Å². The van der Waals surface area contributed by atoms with Crippen molar-refractivity contribution in [3.8, 4) is 0 Å². The van der Waals surface area contributed by atoms with Gasteiger partial charge < -0.3 is 5.32 Å². The number of anilines is 1. The number of hydrogen-bond donors (Lipinski definition) is 1. The van der Waals surface area contributed by atoms with Crippen molar-refractivity contribution in [3.63, 3.8) is 0 Å². The average molecular weight is 466 g/mol. The first-order valence-corrected chi connectivity index (χ1v) is 11.1. The summed E-state index contributed by atoms with van der Waals surface area (Å²) in [7, 11) is 0. The van der Waals surface area contributed by atoms with Crippen LogP contribution < -0.4 is 5.32 Å². The minimum atomic E-state index is -1.11. The molecule has 3 saturated heterocycles. The van der Waals surface area contributed by atoms with Gasteiger partial charge in [0.05, 0.1) is 18.4 Å². The number of carbonyl (C=O) groups excluding carboxylic acids is 3. The topological polar surface area (TPSA) is 69.7 Å². The highest BCUT2D eigenvalue weighted by Gasteiger charge is 2.74. The van der Waals surface area contributed by atoms with Crippen LogP contribution in [-0.4, -0.2) is 40.1 Å². The number of amides is 3. The molecule has 1 N–H and O–H groups in total. The Morgan fingerprint density at radius 3 is 2.67 bits per heavy atom. The fourth-order valence-electron chi connectivity index (χ4n) is 6.16. The zero-order valence-electron chi connectivity index (χ0n) is 16.2. The van der Waals surface area contributed by atoms with Gasteiger partial charge in [-0.05, 0) is 43.1 Å². The highest BCUT2D eigenvalue weighted by molar-refractivity contribution is 9.10. The van der Waals surface area contributed by atoms with Crippen molar-refractivity contribution >= 4 is 39.3 Å². The van der Waals surface area contributed by atoms with Gasteiger partial charge >= 0.3 is 0 Å². The van der Waals surface area contributed by atoms with Crippen LogP contribution in [-0.2, 0) is 26.5 Å². The molecule has 6 nitrogen and oxygen atoms in total. The number of carbonyl (C=O) groups is 3. The number of rotatable bonds is 2. The lowest BCUT2D eigenvalue weighted by Crippen LogP contribution is -2.54. The number of imide groups is 1. The standard InChI is InChI=1S/C23H20BrN3O3/c24-14-8-9-16-15(11-14)23(22(30)25-16)19-18(17-7-4-10-27(17)23)20(28)26(21(19)29)12-13-5-2-1-3-6-13/h1-3,5-6,8-9,11,17-19H,4,7,10,12H2,(H,25,30)/t17-,18+,19+,23-/m1/s1. The van der Waals surface area contributed by atoms with E-state index >= 15 is 0 Å². The van der Waals surface area contributed by atoms with Crippen molar-refractivity contribution in [2.45, 2.75) is 31.0 Å². The van der Waals surface area contributed by atoms with E-state index in [-0.39, 0.29) is 30.3 Å². The van der Waals surface area contributed by atoms with E-state index in [1.165, 1.54) is 4.90 Å². The molecule has 0 aromatic heterocycles. The summed E-state index contributed by atoms with van der Waals surface area (Å²) in [6.07, 6.45) is 1.75. The van der Waals surface area contributed by atoms with Gasteiger partial charge in [-0.25, -0.2) is 0 Å². The normalized spacial score (nSPS) is 32.0. The Balaban J connectivity index is 1.50. The summed E-state index contributed by atoms with van der Waals surface area (Å²) in [5.74, 6) is -1.71. The molecule has 152 valence electrons. The molecule has 2 aromatic rings. The Morgan fingerprint density at radius 2 is 1.87 bits per heavy atom. The molecule has 30 heavy (non-hydrogen) atoms. The highest BCUT2D eigenvalue weighted by Crippen LogP contribution is 2.60. The van der Waals surface area contributed by atoms with Crippen molar-refractivity contribution in [2.75, 3.05) is 11.9 Å². The third-order valence-corrected chi connectivity index (χ3v) is 7.72. The maximum atomic E-state index is 13.7. The van der Waals surface area contributed by atoms with Crippen LogP contribution in [0.3, 0.4) is 0 Å². The minimum absolute atomic E-state index is 0.0806. The number of fused-ring (bicyclic) bond motifs is 7. The summed E-state index contributed by atoms with van der Waals surface area (Å²) in [5, 5.41) is 3.00. The Bertz CT molecular complexity index is 1100. The predicted octanol–water partition coefficient (Wildman–Crippen LogP) is 2.88. The van der Waals surface area contributed by atoms with Gasteiger partial charge in [0.2, 0.25) is 17.7 Å². The molecule has 7 heteroatoms. The Labute approximate surface area is 182 Å². The largest absolute Gasteiger partial charge is 0.324 e. The molecular formula is C23H20BrN3O3. The van der Waals surface area contributed by atoms with E-state index in [1.807, 2.05) is 48.5 Å². The molecule has 4 heterocycles. The van der Waals surface area contributed by atoms with E-state index in [0.717, 1.165) is 40.7 Å². The van der Waals surface area contributed by atoms with Crippen LogP contribution in [0.1, 0.15) is 24.0 Å². The molecule has 0 unspecified atom stereocenters. The van der Waals surface area contributed by atoms with E-state index in [2.05, 4.69) is 26.1 Å². The zero-order valence-corrected chi connectivity index (χ0v) is 17.8. The second-order valence-electron chi connectivity index (χ2n) is 8.57. The smallest absolute Gasteiger partial charge is 0.250 e. The maximum Gasteiger partial charge on any atom is 0.250 e. The molecule has 3 amide bonds. The molecule has 2 aromatic carbocycles. The van der Waals surface area contributed by atoms with Gasteiger partial charge in [0, 0.05) is 21.8 Å². The lowest BCUT2D eigenvalue weighted by Gasteiger charge is -2.36. The molecular weight excluding hydrogens is 446 g/mol. The Morgan fingerprint density at radius 1 is 1.07 bits per heavy atom. The first-order chi connectivity index (χ1) is 14.5. The second kappa shape index (κ2) is 6.25. The van der Waals surface area contributed by atoms with Gasteiger partial charge in [0.15, 0.2) is 0 Å². The fourth-order valence-corrected chi connectivity index (χ4v) is 6.52. The molecule has 0 saturated carbocycles. The summed E-state index contributed by atoms with van der Waals surface area (Å²) >= 11 is 3.52. The Hall–Kier alpha value is -2.51. The molecule has 0 aliphatic carbocycles. The van der Waals surface area contributed by atoms with E-state index < -0.39 is 17.4 Å². The van der Waals surface area contributed by atoms with E-state index in [4.69, 9.17) is 0 Å². The van der Waals surface area contributed by atoms with Crippen molar-refractivity contribution < 1.29 is 14.4 Å². The molecule has 0 radical (unpaired) electrons. The number of halogens is 1. The SMILES string of the molecule is O=C1[C@H]2[C@H]3CCCN3[C@@]3(C(=O)Nc4ccc(Br)cc43)[C@@H]2C(=O)N1Cc1ccccc1. The molecule has 4 atom stereocenters. The van der Waals surface area contributed by atoms with Crippen LogP contribution in [0.25, 0.3) is 0 Å². The Kier molecular flexibility index (Phi) is 3.81. The first-order valence-electron chi connectivity index (χ1n) is 10.3. The quantitative estimate of drug-likeness (QED) is 0.692. The molecule has 6 rings (SSSR count). The summed E-state index contributed by atoms with van der Waals surface area (Å²) in [6, 6.07) is 15.2. The molecule has 1 spiro atoms. The number of hydrogen-bond acceptors (Lipinski definition) is 4. The van der Waals surface area contributed by atoms with Gasteiger partial charge in [-0.3, -0.25) is 24.2 Å². The maximum absolute atomic E-state index is 13.7. The van der Waals surface area contributed by atoms with Crippen LogP contribution >= 0.6 is 15.9 Å². The highest BCUT2D eigenvalue weighted by atomic mass is 79.9. The van der Waals surface area contributed by atoms with Crippen LogP contribution in [0.15, 0.2) is 53.0 Å². The van der Waals surface area contributed by atoms with Crippen LogP contribution in [0.2, 0.25) is 0 Å². The third-order valence-electron chi connectivity index (χ3n) is 7.23. The van der Waals surface area contributed by atoms with Gasteiger partial charge in [-0.15, -0.1) is 0 Å². The van der Waals surface area contributed by atoms with Crippen LogP contribution in [0, 0.1) is 11.8 Å². The molecule has 0 bridgehead atoms. The number of likely N-dealkylation sites (tertiary alicyclic amines) is 1. The van der Waals surface area contributed by atoms with Gasteiger partial charge in [0.1, 0.15) is 5.54 Å². The summed E-state index contributed by atoms with van der Waals surface area (Å²) < 4.78 is 0.856. The van der Waals surface area contributed by atoms with E-state index in [9.17, 15) is 14.4 Å². The molecule has 4 aliphatic rings. The van der Waals surface area contributed by atoms with Crippen molar-refractivity contribution in [1.82, 2.24) is 9.80 Å². The monoisotopic (exact) mass is 465 g/mol. The third kappa shape index (κ3) is 2.14. The fraction of sp³-hybridized carbons (Fsp3) is 0.348. The minimum Gasteiger partial charge on any atom is -0.324 e. The molecule has 3 fully saturated rings. The van der Waals surface area contributed by atoms with Crippen LogP contribution in [0.5, 0.6) is 0 Å². The van der Waals surface area contributed by atoms with Gasteiger partial charge in [0.25, 0.3) is 0 Å². The lowest BCUT2D eigenvalue weighted by molar-refractivity contribution is -0.146.